The number of hydrogen-bond donors (Lipinski definition) is 0. The van der Waals surface area contributed by atoms with Crippen molar-refractivity contribution >= 4 is 5.57 Å². The second-order valence-corrected chi connectivity index (χ2v) is 10.9. The Morgan fingerprint density at radius 1 is 0.781 bits per heavy atom. The van der Waals surface area contributed by atoms with Crippen LogP contribution in [0.3, 0.4) is 0 Å². The van der Waals surface area contributed by atoms with Gasteiger partial charge in [0.2, 0.25) is 0 Å². The average molecular weight is 425 g/mol. The molecule has 0 heterocycles. The van der Waals surface area contributed by atoms with Gasteiger partial charge in [0.05, 0.1) is 0 Å². The van der Waals surface area contributed by atoms with Crippen molar-refractivity contribution in [3.8, 4) is 0 Å². The molecule has 3 rings (SSSR count). The molecule has 0 saturated carbocycles. The van der Waals surface area contributed by atoms with Crippen LogP contribution in [0, 0.1) is 18.3 Å². The number of rotatable bonds is 8. The summed E-state index contributed by atoms with van der Waals surface area (Å²) in [6.07, 6.45) is 2.06. The summed E-state index contributed by atoms with van der Waals surface area (Å²) in [6, 6.07) is 27.2. The fourth-order valence-corrected chi connectivity index (χ4v) is 4.51. The maximum absolute atomic E-state index is 4.11. The molecule has 0 fully saturated rings. The maximum Gasteiger partial charge on any atom is 0.0215 e. The summed E-state index contributed by atoms with van der Waals surface area (Å²) in [7, 11) is 0. The van der Waals surface area contributed by atoms with Crippen LogP contribution in [-0.2, 0) is 18.3 Å². The standard InChI is InChI=1S/C32H40/c1-23(2)28-14-16-29(17-15-28)32(8,22-26-12-10-9-11-13-26)30-19-25(5)18-27(20-30)21-31(6,7)24(3)4/h9-20,24H,1,21-22H2,2-8H3. The van der Waals surface area contributed by atoms with Gasteiger partial charge in [0.1, 0.15) is 0 Å². The van der Waals surface area contributed by atoms with E-state index in [2.05, 4.69) is 128 Å². The molecule has 0 spiro atoms. The molecule has 0 N–H and O–H groups in total. The van der Waals surface area contributed by atoms with Crippen LogP contribution < -0.4 is 0 Å². The lowest BCUT2D eigenvalue weighted by Crippen LogP contribution is -2.28. The zero-order valence-electron chi connectivity index (χ0n) is 21.1. The van der Waals surface area contributed by atoms with Gasteiger partial charge < -0.3 is 0 Å². The van der Waals surface area contributed by atoms with Gasteiger partial charge in [-0.2, -0.15) is 0 Å². The summed E-state index contributed by atoms with van der Waals surface area (Å²) >= 11 is 0. The van der Waals surface area contributed by atoms with Gasteiger partial charge >= 0.3 is 0 Å². The highest BCUT2D eigenvalue weighted by Gasteiger charge is 2.31. The van der Waals surface area contributed by atoms with E-state index in [4.69, 9.17) is 0 Å². The summed E-state index contributed by atoms with van der Waals surface area (Å²) in [6.45, 7) is 20.3. The normalized spacial score (nSPS) is 13.8. The van der Waals surface area contributed by atoms with Crippen LogP contribution in [0.15, 0.2) is 79.4 Å². The molecule has 1 atom stereocenters. The Hall–Kier alpha value is -2.60. The van der Waals surface area contributed by atoms with E-state index in [1.54, 1.807) is 0 Å². The van der Waals surface area contributed by atoms with Gasteiger partial charge in [0.15, 0.2) is 0 Å². The number of hydrogen-bond acceptors (Lipinski definition) is 0. The zero-order valence-corrected chi connectivity index (χ0v) is 21.1. The molecular formula is C32H40. The zero-order chi connectivity index (χ0) is 23.5. The molecule has 0 heteroatoms. The second-order valence-electron chi connectivity index (χ2n) is 10.9. The third kappa shape index (κ3) is 5.41. The van der Waals surface area contributed by atoms with Crippen molar-refractivity contribution in [1.82, 2.24) is 0 Å². The monoisotopic (exact) mass is 424 g/mol. The Bertz CT molecular complexity index is 1050. The van der Waals surface area contributed by atoms with Crippen molar-refractivity contribution in [1.29, 1.82) is 0 Å². The molecule has 0 saturated heterocycles. The van der Waals surface area contributed by atoms with Gasteiger partial charge in [-0.05, 0) is 65.8 Å². The van der Waals surface area contributed by atoms with Gasteiger partial charge in [-0.15, -0.1) is 0 Å². The molecule has 0 amide bonds. The van der Waals surface area contributed by atoms with Gasteiger partial charge in [-0.1, -0.05) is 125 Å². The minimum Gasteiger partial charge on any atom is -0.0955 e. The molecule has 0 aliphatic rings. The topological polar surface area (TPSA) is 0 Å². The Labute approximate surface area is 196 Å². The summed E-state index contributed by atoms with van der Waals surface area (Å²) in [5.74, 6) is 0.636. The molecule has 3 aromatic rings. The van der Waals surface area contributed by atoms with Crippen molar-refractivity contribution in [2.45, 2.75) is 66.7 Å². The number of benzene rings is 3. The van der Waals surface area contributed by atoms with Crippen LogP contribution in [0.25, 0.3) is 5.57 Å². The highest BCUT2D eigenvalue weighted by atomic mass is 14.3. The van der Waals surface area contributed by atoms with Gasteiger partial charge in [-0.25, -0.2) is 0 Å². The lowest BCUT2D eigenvalue weighted by molar-refractivity contribution is 0.248. The van der Waals surface area contributed by atoms with Crippen LogP contribution in [0.1, 0.15) is 74.9 Å². The Morgan fingerprint density at radius 2 is 1.41 bits per heavy atom. The van der Waals surface area contributed by atoms with E-state index in [1.807, 2.05) is 0 Å². The number of allylic oxidation sites excluding steroid dienone is 1. The molecule has 0 aromatic heterocycles. The first-order chi connectivity index (χ1) is 15.0. The lowest BCUT2D eigenvalue weighted by Gasteiger charge is -2.34. The Morgan fingerprint density at radius 3 is 1.97 bits per heavy atom. The van der Waals surface area contributed by atoms with E-state index < -0.39 is 0 Å². The summed E-state index contributed by atoms with van der Waals surface area (Å²) in [5, 5.41) is 0. The Kier molecular flexibility index (Phi) is 7.13. The lowest BCUT2D eigenvalue weighted by atomic mass is 9.70. The van der Waals surface area contributed by atoms with E-state index in [1.165, 1.54) is 33.4 Å². The molecule has 0 nitrogen and oxygen atoms in total. The van der Waals surface area contributed by atoms with Crippen molar-refractivity contribution in [3.05, 3.63) is 113 Å². The molecule has 1 unspecified atom stereocenters. The summed E-state index contributed by atoms with van der Waals surface area (Å²) < 4.78 is 0. The van der Waals surface area contributed by atoms with Gasteiger partial charge in [0, 0.05) is 5.41 Å². The molecule has 0 radical (unpaired) electrons. The highest BCUT2D eigenvalue weighted by molar-refractivity contribution is 5.62. The first kappa shape index (κ1) is 24.1. The molecular weight excluding hydrogens is 384 g/mol. The van der Waals surface area contributed by atoms with Crippen LogP contribution in [0.2, 0.25) is 0 Å². The van der Waals surface area contributed by atoms with E-state index in [0.29, 0.717) is 5.92 Å². The SMILES string of the molecule is C=C(C)c1ccc(C(C)(Cc2ccccc2)c2cc(C)cc(CC(C)(C)C(C)C)c2)cc1. The Balaban J connectivity index is 2.12. The molecule has 0 aliphatic carbocycles. The fraction of sp³-hybridized carbons (Fsp3) is 0.375. The predicted octanol–water partition coefficient (Wildman–Crippen LogP) is 8.80. The van der Waals surface area contributed by atoms with Crippen LogP contribution in [0.4, 0.5) is 0 Å². The van der Waals surface area contributed by atoms with Crippen LogP contribution in [-0.4, -0.2) is 0 Å². The quantitative estimate of drug-likeness (QED) is 0.339. The number of aryl methyl sites for hydroxylation is 1. The largest absolute Gasteiger partial charge is 0.0955 e. The third-order valence-electron chi connectivity index (χ3n) is 7.41. The van der Waals surface area contributed by atoms with Crippen molar-refractivity contribution < 1.29 is 0 Å². The van der Waals surface area contributed by atoms with Crippen molar-refractivity contribution in [2.24, 2.45) is 11.3 Å². The van der Waals surface area contributed by atoms with E-state index in [9.17, 15) is 0 Å². The van der Waals surface area contributed by atoms with Crippen LogP contribution >= 0.6 is 0 Å². The second kappa shape index (κ2) is 9.49. The third-order valence-corrected chi connectivity index (χ3v) is 7.41. The van der Waals surface area contributed by atoms with Crippen molar-refractivity contribution in [2.75, 3.05) is 0 Å². The fourth-order valence-electron chi connectivity index (χ4n) is 4.51. The summed E-state index contributed by atoms with van der Waals surface area (Å²) in [5.41, 5.74) is 9.37. The summed E-state index contributed by atoms with van der Waals surface area (Å²) in [4.78, 5) is 0. The molecule has 0 aliphatic heterocycles. The smallest absolute Gasteiger partial charge is 0.0215 e. The predicted molar refractivity (Wildman–Crippen MR) is 141 cm³/mol. The molecule has 32 heavy (non-hydrogen) atoms. The molecule has 0 bridgehead atoms. The average Bonchev–Trinajstić information content (AvgIpc) is 2.73. The molecule has 3 aromatic carbocycles. The maximum atomic E-state index is 4.11. The van der Waals surface area contributed by atoms with Gasteiger partial charge in [0.25, 0.3) is 0 Å². The van der Waals surface area contributed by atoms with Crippen LogP contribution in [0.5, 0.6) is 0 Å². The van der Waals surface area contributed by atoms with E-state index in [0.717, 1.165) is 18.4 Å². The molecule has 168 valence electrons. The minimum atomic E-state index is -0.113. The first-order valence-electron chi connectivity index (χ1n) is 11.9. The van der Waals surface area contributed by atoms with Crippen molar-refractivity contribution in [3.63, 3.8) is 0 Å². The van der Waals surface area contributed by atoms with E-state index in [-0.39, 0.29) is 10.8 Å². The first-order valence-corrected chi connectivity index (χ1v) is 11.9. The van der Waals surface area contributed by atoms with Gasteiger partial charge in [-0.3, -0.25) is 0 Å². The minimum absolute atomic E-state index is 0.113. The highest BCUT2D eigenvalue weighted by Crippen LogP contribution is 2.38. The van der Waals surface area contributed by atoms with E-state index >= 15 is 0 Å².